The molecule has 2 aliphatic heterocycles. The lowest BCUT2D eigenvalue weighted by molar-refractivity contribution is -0.385. The molecule has 5 atom stereocenters. The molecule has 2 aromatic rings. The van der Waals surface area contributed by atoms with Gasteiger partial charge < -0.3 is 14.7 Å². The van der Waals surface area contributed by atoms with Crippen molar-refractivity contribution in [3.63, 3.8) is 0 Å². The van der Waals surface area contributed by atoms with Crippen molar-refractivity contribution in [3.05, 3.63) is 51.7 Å². The van der Waals surface area contributed by atoms with E-state index in [1.54, 1.807) is 33.7 Å². The van der Waals surface area contributed by atoms with Crippen molar-refractivity contribution in [2.45, 2.75) is 53.5 Å². The van der Waals surface area contributed by atoms with E-state index in [1.165, 1.54) is 23.4 Å². The molecular formula is C22H23N3O4S2. The van der Waals surface area contributed by atoms with Crippen LogP contribution in [-0.4, -0.2) is 50.9 Å². The fourth-order valence-electron chi connectivity index (χ4n) is 6.43. The Kier molecular flexibility index (Phi) is 4.46. The number of phenols is 1. The zero-order valence-corrected chi connectivity index (χ0v) is 18.7. The molecule has 31 heavy (non-hydrogen) atoms. The average Bonchev–Trinajstić information content (AvgIpc) is 3.12. The maximum absolute atomic E-state index is 10.9. The Bertz CT molecular complexity index is 1070. The number of hydrogen-bond donors (Lipinski definition) is 1. The first-order valence-corrected chi connectivity index (χ1v) is 12.9. The van der Waals surface area contributed by atoms with E-state index in [9.17, 15) is 15.2 Å². The second-order valence-corrected chi connectivity index (χ2v) is 11.5. The number of hydrogen-bond acceptors (Lipinski definition) is 8. The molecule has 2 bridgehead atoms. The van der Waals surface area contributed by atoms with Gasteiger partial charge in [-0.25, -0.2) is 4.98 Å². The number of rotatable bonds is 4. The minimum absolute atomic E-state index is 0.00546. The number of nitro groups is 1. The monoisotopic (exact) mass is 457 g/mol. The molecule has 1 N–H and O–H groups in total. The molecule has 3 heterocycles. The highest BCUT2D eigenvalue weighted by Gasteiger charge is 2.65. The maximum atomic E-state index is 10.9. The van der Waals surface area contributed by atoms with Crippen LogP contribution in [0.2, 0.25) is 0 Å². The van der Waals surface area contributed by atoms with E-state index in [-0.39, 0.29) is 28.2 Å². The number of ether oxygens (including phenoxy) is 1. The molecule has 1 saturated carbocycles. The minimum atomic E-state index is -0.428. The van der Waals surface area contributed by atoms with E-state index >= 15 is 0 Å². The van der Waals surface area contributed by atoms with Gasteiger partial charge in [0.05, 0.1) is 10.2 Å². The average molecular weight is 458 g/mol. The van der Waals surface area contributed by atoms with E-state index in [0.717, 1.165) is 37.3 Å². The lowest BCUT2D eigenvalue weighted by Crippen LogP contribution is -2.65. The summed E-state index contributed by atoms with van der Waals surface area (Å²) in [5.74, 6) is 1.51. The van der Waals surface area contributed by atoms with Gasteiger partial charge in [0.15, 0.2) is 11.5 Å². The van der Waals surface area contributed by atoms with Crippen LogP contribution in [0.1, 0.15) is 30.4 Å². The van der Waals surface area contributed by atoms with Crippen LogP contribution in [0.15, 0.2) is 35.5 Å². The molecule has 2 fully saturated rings. The Morgan fingerprint density at radius 1 is 1.32 bits per heavy atom. The standard InChI is InChI=1S/C22H23N3O4S2/c1-24-9-8-22-14-4-6-17(30-31-18-7-3-13(11-23-18)25(27)28)21(22)29-20-16(26)5-2-12(19(20)22)10-15(14)24/h2-3,5,7,11,14-15,17,21,26H,4,6,8-10H2,1H3/t14-,15+,17+,21-,22-/m0/s1. The molecule has 162 valence electrons. The van der Waals surface area contributed by atoms with Crippen molar-refractivity contribution >= 4 is 27.3 Å². The van der Waals surface area contributed by atoms with Gasteiger partial charge in [-0.1, -0.05) is 16.9 Å². The summed E-state index contributed by atoms with van der Waals surface area (Å²) in [5.41, 5.74) is 2.58. The lowest BCUT2D eigenvalue weighted by Gasteiger charge is -2.58. The van der Waals surface area contributed by atoms with Gasteiger partial charge in [-0.2, -0.15) is 0 Å². The minimum Gasteiger partial charge on any atom is -0.504 e. The zero-order chi connectivity index (χ0) is 21.3. The summed E-state index contributed by atoms with van der Waals surface area (Å²) in [7, 11) is 5.56. The van der Waals surface area contributed by atoms with Gasteiger partial charge in [0.2, 0.25) is 0 Å². The van der Waals surface area contributed by atoms with Gasteiger partial charge in [0.1, 0.15) is 17.3 Å². The number of likely N-dealkylation sites (tertiary alicyclic amines) is 1. The number of pyridine rings is 1. The Balaban J connectivity index is 1.32. The van der Waals surface area contributed by atoms with Crippen LogP contribution in [0.5, 0.6) is 11.5 Å². The van der Waals surface area contributed by atoms with Crippen LogP contribution in [0.4, 0.5) is 5.69 Å². The van der Waals surface area contributed by atoms with Crippen molar-refractivity contribution in [2.24, 2.45) is 5.92 Å². The summed E-state index contributed by atoms with van der Waals surface area (Å²) in [6.45, 7) is 1.05. The summed E-state index contributed by atoms with van der Waals surface area (Å²) in [4.78, 5) is 17.2. The van der Waals surface area contributed by atoms with E-state index in [2.05, 4.69) is 23.0 Å². The van der Waals surface area contributed by atoms with E-state index in [1.807, 2.05) is 0 Å². The summed E-state index contributed by atoms with van der Waals surface area (Å²) in [6.07, 6.45) is 5.62. The third kappa shape index (κ3) is 2.75. The van der Waals surface area contributed by atoms with Gasteiger partial charge in [-0.15, -0.1) is 0 Å². The predicted octanol–water partition coefficient (Wildman–Crippen LogP) is 4.17. The molecule has 0 unspecified atom stereocenters. The van der Waals surface area contributed by atoms with E-state index in [0.29, 0.717) is 17.7 Å². The molecule has 0 amide bonds. The van der Waals surface area contributed by atoms with Crippen LogP contribution in [0, 0.1) is 16.0 Å². The van der Waals surface area contributed by atoms with Gasteiger partial charge >= 0.3 is 0 Å². The summed E-state index contributed by atoms with van der Waals surface area (Å²) in [6, 6.07) is 7.62. The molecule has 1 aromatic heterocycles. The highest BCUT2D eigenvalue weighted by atomic mass is 33.1. The molecule has 1 saturated heterocycles. The van der Waals surface area contributed by atoms with Crippen LogP contribution in [0.25, 0.3) is 0 Å². The molecule has 9 heteroatoms. The smallest absolute Gasteiger partial charge is 0.287 e. The fourth-order valence-corrected chi connectivity index (χ4v) is 9.06. The van der Waals surface area contributed by atoms with Gasteiger partial charge in [0, 0.05) is 23.1 Å². The molecular weight excluding hydrogens is 434 g/mol. The van der Waals surface area contributed by atoms with Crippen LogP contribution in [0.3, 0.4) is 0 Å². The largest absolute Gasteiger partial charge is 0.504 e. The van der Waals surface area contributed by atoms with Gasteiger partial charge in [-0.05, 0) is 73.7 Å². The van der Waals surface area contributed by atoms with Crippen molar-refractivity contribution in [1.29, 1.82) is 0 Å². The predicted molar refractivity (Wildman–Crippen MR) is 120 cm³/mol. The quantitative estimate of drug-likeness (QED) is 0.416. The summed E-state index contributed by atoms with van der Waals surface area (Å²) >= 11 is 0. The third-order valence-electron chi connectivity index (χ3n) is 7.73. The first-order chi connectivity index (χ1) is 15.0. The topological polar surface area (TPSA) is 88.7 Å². The number of likely N-dealkylation sites (N-methyl/N-ethyl adjacent to an activating group) is 1. The number of aromatic nitrogens is 1. The van der Waals surface area contributed by atoms with E-state index in [4.69, 9.17) is 4.74 Å². The van der Waals surface area contributed by atoms with Crippen molar-refractivity contribution in [2.75, 3.05) is 13.6 Å². The van der Waals surface area contributed by atoms with Crippen molar-refractivity contribution < 1.29 is 14.8 Å². The SMILES string of the molecule is CN1CC[C@]23c4c5ccc(O)c4O[C@H]2[C@H](SSc2ccc([N+](=O)[O-])cn2)CC[C@H]3[C@H]1C5. The maximum Gasteiger partial charge on any atom is 0.287 e. The van der Waals surface area contributed by atoms with Crippen LogP contribution in [-0.2, 0) is 11.8 Å². The molecule has 1 spiro atoms. The first kappa shape index (κ1) is 19.7. The second-order valence-electron chi connectivity index (χ2n) is 9.04. The molecule has 4 aliphatic rings. The van der Waals surface area contributed by atoms with Crippen molar-refractivity contribution in [3.8, 4) is 11.5 Å². The number of aromatic hydroxyl groups is 1. The number of piperidine rings is 1. The van der Waals surface area contributed by atoms with Crippen LogP contribution >= 0.6 is 21.6 Å². The van der Waals surface area contributed by atoms with Crippen LogP contribution < -0.4 is 4.74 Å². The summed E-state index contributed by atoms with van der Waals surface area (Å²) in [5, 5.41) is 22.5. The molecule has 7 nitrogen and oxygen atoms in total. The Hall–Kier alpha value is -1.97. The second kappa shape index (κ2) is 7.02. The first-order valence-electron chi connectivity index (χ1n) is 10.6. The highest BCUT2D eigenvalue weighted by Crippen LogP contribution is 2.65. The number of benzene rings is 1. The third-order valence-corrected chi connectivity index (χ3v) is 10.5. The molecule has 1 aromatic carbocycles. The van der Waals surface area contributed by atoms with E-state index < -0.39 is 4.92 Å². The van der Waals surface area contributed by atoms with Crippen molar-refractivity contribution in [1.82, 2.24) is 9.88 Å². The Morgan fingerprint density at radius 3 is 2.97 bits per heavy atom. The zero-order valence-electron chi connectivity index (χ0n) is 17.1. The van der Waals surface area contributed by atoms with Gasteiger partial charge in [-0.3, -0.25) is 10.1 Å². The Morgan fingerprint density at radius 2 is 2.19 bits per heavy atom. The molecule has 0 radical (unpaired) electrons. The summed E-state index contributed by atoms with van der Waals surface area (Å²) < 4.78 is 6.58. The lowest BCUT2D eigenvalue weighted by atomic mass is 9.52. The highest BCUT2D eigenvalue weighted by molar-refractivity contribution is 8.76. The number of phenolic OH excluding ortho intramolecular Hbond substituents is 1. The number of nitrogens with zero attached hydrogens (tertiary/aromatic N) is 3. The Labute approximate surface area is 188 Å². The van der Waals surface area contributed by atoms with Gasteiger partial charge in [0.25, 0.3) is 5.69 Å². The molecule has 2 aliphatic carbocycles. The fraction of sp³-hybridized carbons (Fsp3) is 0.500. The molecule has 6 rings (SSSR count). The normalized spacial score (nSPS) is 32.9.